The zero-order valence-corrected chi connectivity index (χ0v) is 17.6. The Balaban J connectivity index is 1.77. The molecule has 1 atom stereocenters. The zero-order chi connectivity index (χ0) is 20.8. The fourth-order valence-corrected chi connectivity index (χ4v) is 3.78. The standard InChI is InChI=1S/C19H18FIN6O2/c1-19(21,11-4-6-12(20)7-5-11)24-18-17(27(28)29)13(8-16(22)23-18)15-9-14(25-26-15)10-2-3-10/h4-10H,2-3H2,1H3,(H,25,26)(H3,22,23,24). The molecule has 1 aliphatic carbocycles. The summed E-state index contributed by atoms with van der Waals surface area (Å²) in [4.78, 5) is 15.6. The molecule has 3 aromatic rings. The number of halogens is 2. The van der Waals surface area contributed by atoms with E-state index in [0.717, 1.165) is 24.1 Å². The fourth-order valence-electron chi connectivity index (χ4n) is 3.16. The van der Waals surface area contributed by atoms with E-state index in [4.69, 9.17) is 5.73 Å². The van der Waals surface area contributed by atoms with Crippen LogP contribution in [0.1, 0.15) is 36.9 Å². The molecule has 4 N–H and O–H groups in total. The Bertz CT molecular complexity index is 1080. The number of hydrogen-bond donors (Lipinski definition) is 3. The third-order valence-corrected chi connectivity index (χ3v) is 5.72. The Labute approximate surface area is 179 Å². The van der Waals surface area contributed by atoms with Crippen LogP contribution in [0.4, 0.5) is 21.7 Å². The Morgan fingerprint density at radius 3 is 2.66 bits per heavy atom. The van der Waals surface area contributed by atoms with E-state index in [2.05, 4.69) is 43.1 Å². The molecule has 2 heterocycles. The van der Waals surface area contributed by atoms with E-state index in [-0.39, 0.29) is 23.1 Å². The number of alkyl halides is 1. The van der Waals surface area contributed by atoms with Gasteiger partial charge in [0.15, 0.2) is 0 Å². The third-order valence-electron chi connectivity index (χ3n) is 4.83. The minimum atomic E-state index is -0.793. The largest absolute Gasteiger partial charge is 0.384 e. The van der Waals surface area contributed by atoms with Gasteiger partial charge < -0.3 is 11.1 Å². The fraction of sp³-hybridized carbons (Fsp3) is 0.263. The van der Waals surface area contributed by atoms with Crippen molar-refractivity contribution in [3.05, 3.63) is 63.6 Å². The summed E-state index contributed by atoms with van der Waals surface area (Å²) in [5, 5.41) is 22.2. The number of rotatable bonds is 6. The number of aromatic amines is 1. The molecule has 1 fully saturated rings. The maximum atomic E-state index is 13.3. The minimum absolute atomic E-state index is 0.0298. The van der Waals surface area contributed by atoms with Gasteiger partial charge in [0.25, 0.3) is 0 Å². The first kappa shape index (κ1) is 19.6. The van der Waals surface area contributed by atoms with E-state index in [0.29, 0.717) is 17.2 Å². The number of pyridine rings is 1. The predicted molar refractivity (Wildman–Crippen MR) is 116 cm³/mol. The highest BCUT2D eigenvalue weighted by Crippen LogP contribution is 2.43. The average molecular weight is 508 g/mol. The maximum Gasteiger partial charge on any atom is 0.320 e. The van der Waals surface area contributed by atoms with Crippen LogP contribution >= 0.6 is 22.6 Å². The summed E-state index contributed by atoms with van der Waals surface area (Å²) in [7, 11) is 0. The first-order valence-corrected chi connectivity index (χ1v) is 10.1. The summed E-state index contributed by atoms with van der Waals surface area (Å²) in [6.45, 7) is 1.81. The molecule has 10 heteroatoms. The molecule has 1 unspecified atom stereocenters. The molecule has 0 spiro atoms. The Morgan fingerprint density at radius 2 is 2.03 bits per heavy atom. The molecule has 0 saturated heterocycles. The van der Waals surface area contributed by atoms with Crippen molar-refractivity contribution in [3.8, 4) is 11.3 Å². The van der Waals surface area contributed by atoms with Crippen LogP contribution in [0.5, 0.6) is 0 Å². The number of benzene rings is 1. The monoisotopic (exact) mass is 508 g/mol. The zero-order valence-electron chi connectivity index (χ0n) is 15.4. The van der Waals surface area contributed by atoms with Gasteiger partial charge in [-0.3, -0.25) is 15.2 Å². The molecule has 1 aromatic carbocycles. The average Bonchev–Trinajstić information content (AvgIpc) is 3.38. The maximum absolute atomic E-state index is 13.3. The summed E-state index contributed by atoms with van der Waals surface area (Å²) in [5.74, 6) is 0.238. The van der Waals surface area contributed by atoms with Crippen molar-refractivity contribution in [2.45, 2.75) is 29.2 Å². The van der Waals surface area contributed by atoms with Gasteiger partial charge >= 0.3 is 5.69 Å². The lowest BCUT2D eigenvalue weighted by atomic mass is 10.1. The van der Waals surface area contributed by atoms with Crippen molar-refractivity contribution in [1.29, 1.82) is 0 Å². The highest BCUT2D eigenvalue weighted by Gasteiger charge is 2.32. The van der Waals surface area contributed by atoms with Crippen LogP contribution < -0.4 is 11.1 Å². The van der Waals surface area contributed by atoms with Gasteiger partial charge in [0.2, 0.25) is 5.82 Å². The first-order valence-electron chi connectivity index (χ1n) is 8.98. The second-order valence-electron chi connectivity index (χ2n) is 7.17. The van der Waals surface area contributed by atoms with Crippen LogP contribution in [0, 0.1) is 15.9 Å². The van der Waals surface area contributed by atoms with Gasteiger partial charge in [-0.2, -0.15) is 5.10 Å². The lowest BCUT2D eigenvalue weighted by Crippen LogP contribution is -2.25. The number of aromatic nitrogens is 3. The Kier molecular flexibility index (Phi) is 4.89. The topological polar surface area (TPSA) is 123 Å². The summed E-state index contributed by atoms with van der Waals surface area (Å²) >= 11 is 2.10. The third kappa shape index (κ3) is 4.02. The van der Waals surface area contributed by atoms with E-state index in [9.17, 15) is 14.5 Å². The van der Waals surface area contributed by atoms with Crippen LogP contribution in [-0.4, -0.2) is 20.1 Å². The molecule has 4 rings (SSSR count). The SMILES string of the molecule is CC(I)(Nc1nc(N)cc(-c2cc(C3CC3)[nH]n2)c1[N+](=O)[O-])c1ccc(F)cc1. The smallest absolute Gasteiger partial charge is 0.320 e. The summed E-state index contributed by atoms with van der Waals surface area (Å²) in [6, 6.07) is 9.19. The van der Waals surface area contributed by atoms with Gasteiger partial charge in [-0.1, -0.05) is 12.1 Å². The number of nitro groups is 1. The molecular weight excluding hydrogens is 490 g/mol. The molecule has 1 saturated carbocycles. The van der Waals surface area contributed by atoms with Gasteiger partial charge in [0.1, 0.15) is 15.2 Å². The number of anilines is 2. The molecule has 0 aliphatic heterocycles. The number of nitrogens with one attached hydrogen (secondary N) is 2. The van der Waals surface area contributed by atoms with E-state index in [1.165, 1.54) is 18.2 Å². The highest BCUT2D eigenvalue weighted by molar-refractivity contribution is 14.1. The second-order valence-corrected chi connectivity index (χ2v) is 9.32. The number of nitrogens with two attached hydrogens (primary N) is 1. The van der Waals surface area contributed by atoms with Gasteiger partial charge in [-0.05, 0) is 72.2 Å². The lowest BCUT2D eigenvalue weighted by molar-refractivity contribution is -0.383. The van der Waals surface area contributed by atoms with Gasteiger partial charge in [0.05, 0.1) is 16.2 Å². The molecule has 2 aromatic heterocycles. The molecule has 29 heavy (non-hydrogen) atoms. The van der Waals surface area contributed by atoms with Crippen LogP contribution in [0.3, 0.4) is 0 Å². The minimum Gasteiger partial charge on any atom is -0.384 e. The second kappa shape index (κ2) is 7.25. The Morgan fingerprint density at radius 1 is 1.34 bits per heavy atom. The molecule has 0 bridgehead atoms. The number of H-pyrrole nitrogens is 1. The summed E-state index contributed by atoms with van der Waals surface area (Å²) < 4.78 is 12.5. The van der Waals surface area contributed by atoms with Gasteiger partial charge in [0, 0.05) is 11.6 Å². The van der Waals surface area contributed by atoms with Crippen LogP contribution in [0.25, 0.3) is 11.3 Å². The van der Waals surface area contributed by atoms with Crippen molar-refractivity contribution in [2.75, 3.05) is 11.1 Å². The van der Waals surface area contributed by atoms with Crippen molar-refractivity contribution in [2.24, 2.45) is 0 Å². The van der Waals surface area contributed by atoms with Crippen LogP contribution in [-0.2, 0) is 3.55 Å². The van der Waals surface area contributed by atoms with E-state index >= 15 is 0 Å². The first-order chi connectivity index (χ1) is 13.7. The van der Waals surface area contributed by atoms with E-state index < -0.39 is 8.47 Å². The predicted octanol–water partition coefficient (Wildman–Crippen LogP) is 4.70. The van der Waals surface area contributed by atoms with Crippen LogP contribution in [0.15, 0.2) is 36.4 Å². The molecule has 150 valence electrons. The van der Waals surface area contributed by atoms with Gasteiger partial charge in [-0.15, -0.1) is 0 Å². The van der Waals surface area contributed by atoms with Crippen molar-refractivity contribution in [1.82, 2.24) is 15.2 Å². The molecule has 0 amide bonds. The van der Waals surface area contributed by atoms with Crippen LogP contribution in [0.2, 0.25) is 0 Å². The van der Waals surface area contributed by atoms with Crippen molar-refractivity contribution in [3.63, 3.8) is 0 Å². The molecule has 0 radical (unpaired) electrons. The summed E-state index contributed by atoms with van der Waals surface area (Å²) in [6.07, 6.45) is 2.17. The normalized spacial score (nSPS) is 15.7. The summed E-state index contributed by atoms with van der Waals surface area (Å²) in [5.41, 5.74) is 8.19. The lowest BCUT2D eigenvalue weighted by Gasteiger charge is -2.25. The number of hydrogen-bond acceptors (Lipinski definition) is 6. The number of nitrogens with zero attached hydrogens (tertiary/aromatic N) is 3. The van der Waals surface area contributed by atoms with Gasteiger partial charge in [-0.25, -0.2) is 9.37 Å². The number of nitrogen functional groups attached to an aromatic ring is 1. The highest BCUT2D eigenvalue weighted by atomic mass is 127. The van der Waals surface area contributed by atoms with Crippen molar-refractivity contribution >= 4 is 39.9 Å². The van der Waals surface area contributed by atoms with E-state index in [1.807, 2.05) is 13.0 Å². The van der Waals surface area contributed by atoms with E-state index in [1.54, 1.807) is 12.1 Å². The quantitative estimate of drug-likeness (QED) is 0.146. The molecular formula is C19H18FIN6O2. The Hall–Kier alpha value is -2.76. The van der Waals surface area contributed by atoms with Crippen molar-refractivity contribution < 1.29 is 9.31 Å². The molecule has 8 nitrogen and oxygen atoms in total. The molecule has 1 aliphatic rings.